The zero-order valence-electron chi connectivity index (χ0n) is 14.0. The van der Waals surface area contributed by atoms with Crippen LogP contribution >= 0.6 is 0 Å². The highest BCUT2D eigenvalue weighted by molar-refractivity contribution is 5.98. The van der Waals surface area contributed by atoms with Gasteiger partial charge in [0.15, 0.2) is 5.75 Å². The molecule has 0 saturated carbocycles. The van der Waals surface area contributed by atoms with Gasteiger partial charge in [0, 0.05) is 17.0 Å². The van der Waals surface area contributed by atoms with Gasteiger partial charge in [0.1, 0.15) is 5.58 Å². The maximum absolute atomic E-state index is 12.5. The quantitative estimate of drug-likeness (QED) is 0.674. The Labute approximate surface area is 134 Å². The van der Waals surface area contributed by atoms with Gasteiger partial charge in [0.25, 0.3) is 0 Å². The number of furan rings is 1. The SMILES string of the molecule is Cc1ccc(C)c2c(C)c(C(=O)Oc3cnn(C(C)C)c3)oc12. The molecule has 0 aliphatic heterocycles. The lowest BCUT2D eigenvalue weighted by Gasteiger charge is -2.03. The first kappa shape index (κ1) is 15.3. The smallest absolute Gasteiger partial charge is 0.380 e. The first-order valence-corrected chi connectivity index (χ1v) is 7.64. The summed E-state index contributed by atoms with van der Waals surface area (Å²) in [4.78, 5) is 12.5. The molecule has 0 aliphatic rings. The molecule has 3 aromatic rings. The third kappa shape index (κ3) is 2.63. The summed E-state index contributed by atoms with van der Waals surface area (Å²) in [7, 11) is 0. The second-order valence-electron chi connectivity index (χ2n) is 6.10. The molecule has 3 rings (SSSR count). The lowest BCUT2D eigenvalue weighted by molar-refractivity contribution is 0.0702. The van der Waals surface area contributed by atoms with Crippen molar-refractivity contribution in [1.29, 1.82) is 0 Å². The molecule has 1 aromatic carbocycles. The minimum absolute atomic E-state index is 0.209. The Kier molecular flexibility index (Phi) is 3.72. The molecule has 0 atom stereocenters. The largest absolute Gasteiger partial charge is 0.448 e. The molecule has 0 aliphatic carbocycles. The molecular weight excluding hydrogens is 292 g/mol. The van der Waals surface area contributed by atoms with Gasteiger partial charge in [-0.25, -0.2) is 4.79 Å². The van der Waals surface area contributed by atoms with Crippen LogP contribution in [0.1, 0.15) is 47.1 Å². The Balaban J connectivity index is 1.96. The third-order valence-electron chi connectivity index (χ3n) is 3.99. The summed E-state index contributed by atoms with van der Waals surface area (Å²) in [6.45, 7) is 9.87. The summed E-state index contributed by atoms with van der Waals surface area (Å²) in [5, 5.41) is 5.15. The van der Waals surface area contributed by atoms with Gasteiger partial charge >= 0.3 is 5.97 Å². The highest BCUT2D eigenvalue weighted by atomic mass is 16.5. The summed E-state index contributed by atoms with van der Waals surface area (Å²) >= 11 is 0. The van der Waals surface area contributed by atoms with Crippen LogP contribution in [0.2, 0.25) is 0 Å². The topological polar surface area (TPSA) is 57.3 Å². The molecule has 0 spiro atoms. The van der Waals surface area contributed by atoms with Gasteiger partial charge in [-0.3, -0.25) is 4.68 Å². The molecule has 0 saturated heterocycles. The van der Waals surface area contributed by atoms with E-state index in [2.05, 4.69) is 5.10 Å². The van der Waals surface area contributed by atoms with Crippen LogP contribution < -0.4 is 4.74 Å². The van der Waals surface area contributed by atoms with E-state index < -0.39 is 5.97 Å². The fraction of sp³-hybridized carbons (Fsp3) is 0.333. The minimum Gasteiger partial charge on any atom is -0.448 e. The average Bonchev–Trinajstić information content (AvgIpc) is 3.08. The Bertz CT molecular complexity index is 887. The maximum atomic E-state index is 12.5. The molecule has 0 amide bonds. The number of carbonyl (C=O) groups excluding carboxylic acids is 1. The van der Waals surface area contributed by atoms with Crippen molar-refractivity contribution < 1.29 is 13.9 Å². The van der Waals surface area contributed by atoms with Crippen molar-refractivity contribution in [2.45, 2.75) is 40.7 Å². The third-order valence-corrected chi connectivity index (χ3v) is 3.99. The summed E-state index contributed by atoms with van der Waals surface area (Å²) in [5.74, 6) is 0.160. The van der Waals surface area contributed by atoms with Crippen LogP contribution in [0, 0.1) is 20.8 Å². The molecule has 0 bridgehead atoms. The summed E-state index contributed by atoms with van der Waals surface area (Å²) in [6, 6.07) is 4.23. The normalized spacial score (nSPS) is 11.4. The number of nitrogens with zero attached hydrogens (tertiary/aromatic N) is 2. The Hall–Kier alpha value is -2.56. The fourth-order valence-electron chi connectivity index (χ4n) is 2.68. The number of fused-ring (bicyclic) bond motifs is 1. The van der Waals surface area contributed by atoms with Crippen molar-refractivity contribution in [2.75, 3.05) is 0 Å². The van der Waals surface area contributed by atoms with Crippen molar-refractivity contribution in [3.8, 4) is 5.75 Å². The highest BCUT2D eigenvalue weighted by Gasteiger charge is 2.22. The standard InChI is InChI=1S/C18H20N2O3/c1-10(2)20-9-14(8-19-20)22-18(21)17-13(5)15-11(3)6-7-12(4)16(15)23-17/h6-10H,1-5H3. The fourth-order valence-corrected chi connectivity index (χ4v) is 2.68. The van der Waals surface area contributed by atoms with Gasteiger partial charge in [0.2, 0.25) is 5.76 Å². The second-order valence-corrected chi connectivity index (χ2v) is 6.10. The molecule has 5 heteroatoms. The van der Waals surface area contributed by atoms with Crippen LogP contribution in [0.5, 0.6) is 5.75 Å². The van der Waals surface area contributed by atoms with E-state index in [-0.39, 0.29) is 11.8 Å². The summed E-state index contributed by atoms with van der Waals surface area (Å²) in [6.07, 6.45) is 3.24. The monoisotopic (exact) mass is 312 g/mol. The number of ether oxygens (including phenoxy) is 1. The Morgan fingerprint density at radius 3 is 2.52 bits per heavy atom. The average molecular weight is 312 g/mol. The Morgan fingerprint density at radius 1 is 1.22 bits per heavy atom. The van der Waals surface area contributed by atoms with Crippen molar-refractivity contribution in [2.24, 2.45) is 0 Å². The number of aryl methyl sites for hydroxylation is 3. The van der Waals surface area contributed by atoms with Crippen molar-refractivity contribution in [1.82, 2.24) is 9.78 Å². The van der Waals surface area contributed by atoms with Gasteiger partial charge < -0.3 is 9.15 Å². The van der Waals surface area contributed by atoms with Crippen LogP contribution in [0.15, 0.2) is 28.9 Å². The molecule has 2 heterocycles. The predicted molar refractivity (Wildman–Crippen MR) is 88.0 cm³/mol. The lowest BCUT2D eigenvalue weighted by atomic mass is 10.0. The number of hydrogen-bond donors (Lipinski definition) is 0. The molecule has 0 unspecified atom stereocenters. The van der Waals surface area contributed by atoms with Crippen LogP contribution in [0.25, 0.3) is 11.0 Å². The van der Waals surface area contributed by atoms with Gasteiger partial charge in [-0.15, -0.1) is 0 Å². The maximum Gasteiger partial charge on any atom is 0.380 e. The number of carbonyl (C=O) groups is 1. The van der Waals surface area contributed by atoms with Crippen molar-refractivity contribution in [3.63, 3.8) is 0 Å². The molecule has 0 N–H and O–H groups in total. The number of benzene rings is 1. The number of esters is 1. The number of hydrogen-bond acceptors (Lipinski definition) is 4. The second kappa shape index (κ2) is 5.57. The van der Waals surface area contributed by atoms with E-state index in [4.69, 9.17) is 9.15 Å². The van der Waals surface area contributed by atoms with E-state index in [1.165, 1.54) is 6.20 Å². The zero-order chi connectivity index (χ0) is 16.7. The van der Waals surface area contributed by atoms with Crippen molar-refractivity contribution in [3.05, 3.63) is 47.0 Å². The molecule has 23 heavy (non-hydrogen) atoms. The molecule has 2 aromatic heterocycles. The molecule has 0 radical (unpaired) electrons. The molecular formula is C18H20N2O3. The van der Waals surface area contributed by atoms with Crippen LogP contribution in [0.3, 0.4) is 0 Å². The van der Waals surface area contributed by atoms with Gasteiger partial charge in [-0.1, -0.05) is 12.1 Å². The molecule has 5 nitrogen and oxygen atoms in total. The number of aromatic nitrogens is 2. The van der Waals surface area contributed by atoms with E-state index in [9.17, 15) is 4.79 Å². The van der Waals surface area contributed by atoms with Gasteiger partial charge in [-0.05, 0) is 45.7 Å². The van der Waals surface area contributed by atoms with Crippen LogP contribution in [-0.2, 0) is 0 Å². The van der Waals surface area contributed by atoms with Crippen LogP contribution in [0.4, 0.5) is 0 Å². The first-order valence-electron chi connectivity index (χ1n) is 7.64. The van der Waals surface area contributed by atoms with E-state index in [1.54, 1.807) is 10.9 Å². The van der Waals surface area contributed by atoms with E-state index in [0.29, 0.717) is 5.75 Å². The highest BCUT2D eigenvalue weighted by Crippen LogP contribution is 2.31. The van der Waals surface area contributed by atoms with E-state index in [0.717, 1.165) is 27.7 Å². The lowest BCUT2D eigenvalue weighted by Crippen LogP contribution is -2.08. The summed E-state index contributed by atoms with van der Waals surface area (Å²) in [5.41, 5.74) is 3.63. The Morgan fingerprint density at radius 2 is 1.91 bits per heavy atom. The number of rotatable bonds is 3. The van der Waals surface area contributed by atoms with Crippen molar-refractivity contribution >= 4 is 16.9 Å². The predicted octanol–water partition coefficient (Wildman–Crippen LogP) is 4.35. The van der Waals surface area contributed by atoms with E-state index >= 15 is 0 Å². The first-order chi connectivity index (χ1) is 10.9. The molecule has 0 fully saturated rings. The van der Waals surface area contributed by atoms with Gasteiger partial charge in [0.05, 0.1) is 12.4 Å². The van der Waals surface area contributed by atoms with Gasteiger partial charge in [-0.2, -0.15) is 5.10 Å². The van der Waals surface area contributed by atoms with E-state index in [1.807, 2.05) is 46.8 Å². The molecule has 120 valence electrons. The van der Waals surface area contributed by atoms with Crippen LogP contribution in [-0.4, -0.2) is 15.7 Å². The minimum atomic E-state index is -0.499. The summed E-state index contributed by atoms with van der Waals surface area (Å²) < 4.78 is 12.9. The zero-order valence-corrected chi connectivity index (χ0v) is 14.0.